The maximum absolute atomic E-state index is 6.33. The van der Waals surface area contributed by atoms with Crippen LogP contribution in [0.2, 0.25) is 0 Å². The fourth-order valence-corrected chi connectivity index (χ4v) is 5.03. The van der Waals surface area contributed by atoms with Gasteiger partial charge in [0, 0.05) is 0 Å². The molecule has 2 saturated heterocycles. The van der Waals surface area contributed by atoms with Crippen LogP contribution >= 0.6 is 0 Å². The topological polar surface area (TPSA) is 36.9 Å². The smallest absolute Gasteiger partial charge is 0.402 e. The van der Waals surface area contributed by atoms with Crippen LogP contribution in [-0.2, 0) is 18.6 Å². The Kier molecular flexibility index (Phi) is 4.37. The molecule has 6 rings (SSSR count). The second-order valence-corrected chi connectivity index (χ2v) is 11.2. The van der Waals surface area contributed by atoms with Crippen LogP contribution < -0.4 is 10.9 Å². The molecule has 2 aliphatic heterocycles. The van der Waals surface area contributed by atoms with Crippen LogP contribution in [0.25, 0.3) is 32.3 Å². The van der Waals surface area contributed by atoms with Crippen LogP contribution in [0.1, 0.15) is 48.5 Å². The first-order valence-corrected chi connectivity index (χ1v) is 11.9. The minimum Gasteiger partial charge on any atom is -0.402 e. The molecular formula is C27H30B2O4. The van der Waals surface area contributed by atoms with Crippen LogP contribution in [0.3, 0.4) is 0 Å². The zero-order chi connectivity index (χ0) is 23.3. The molecule has 0 aliphatic carbocycles. The van der Waals surface area contributed by atoms with Crippen molar-refractivity contribution in [3.63, 3.8) is 0 Å². The van der Waals surface area contributed by atoms with E-state index in [1.165, 1.54) is 32.3 Å². The highest BCUT2D eigenvalue weighted by Gasteiger charge is 2.51. The normalized spacial score (nSPS) is 24.0. The van der Waals surface area contributed by atoms with Crippen LogP contribution in [0.15, 0.2) is 48.5 Å². The Morgan fingerprint density at radius 3 is 1.36 bits per heavy atom. The highest BCUT2D eigenvalue weighted by molar-refractivity contribution is 6.63. The summed E-state index contributed by atoms with van der Waals surface area (Å²) in [6.07, 6.45) is 0.0432. The summed E-state index contributed by atoms with van der Waals surface area (Å²) in [7, 11) is -0.711. The van der Waals surface area contributed by atoms with E-state index in [2.05, 4.69) is 97.0 Å². The lowest BCUT2D eigenvalue weighted by Gasteiger charge is -2.32. The minimum absolute atomic E-state index is 0.0432. The molecule has 0 amide bonds. The van der Waals surface area contributed by atoms with E-state index in [-0.39, 0.29) is 37.1 Å². The first-order valence-electron chi connectivity index (χ1n) is 11.9. The van der Waals surface area contributed by atoms with E-state index in [9.17, 15) is 0 Å². The average Bonchev–Trinajstić information content (AvgIpc) is 3.15. The Balaban J connectivity index is 1.46. The number of hydrogen-bond acceptors (Lipinski definition) is 4. The molecule has 33 heavy (non-hydrogen) atoms. The van der Waals surface area contributed by atoms with Gasteiger partial charge in [0.25, 0.3) is 0 Å². The molecule has 6 heteroatoms. The number of rotatable bonds is 2. The van der Waals surface area contributed by atoms with Gasteiger partial charge in [-0.1, -0.05) is 48.5 Å². The van der Waals surface area contributed by atoms with Gasteiger partial charge in [0.15, 0.2) is 0 Å². The molecule has 1 unspecified atom stereocenters. The van der Waals surface area contributed by atoms with Crippen LogP contribution in [-0.4, -0.2) is 37.1 Å². The quantitative estimate of drug-likeness (QED) is 0.332. The summed E-state index contributed by atoms with van der Waals surface area (Å²) >= 11 is 0. The Morgan fingerprint density at radius 2 is 1.00 bits per heavy atom. The van der Waals surface area contributed by atoms with E-state index in [4.69, 9.17) is 18.6 Å². The van der Waals surface area contributed by atoms with Gasteiger partial charge in [0.1, 0.15) is 0 Å². The van der Waals surface area contributed by atoms with E-state index < -0.39 is 0 Å². The summed E-state index contributed by atoms with van der Waals surface area (Å²) in [6, 6.07) is 17.6. The average molecular weight is 440 g/mol. The summed E-state index contributed by atoms with van der Waals surface area (Å²) < 4.78 is 25.0. The maximum Gasteiger partial charge on any atom is 0.494 e. The fourth-order valence-electron chi connectivity index (χ4n) is 5.03. The maximum atomic E-state index is 6.33. The van der Waals surface area contributed by atoms with Crippen molar-refractivity contribution in [1.82, 2.24) is 0 Å². The van der Waals surface area contributed by atoms with Gasteiger partial charge in [0.2, 0.25) is 0 Å². The third kappa shape index (κ3) is 3.15. The van der Waals surface area contributed by atoms with E-state index in [1.54, 1.807) is 0 Å². The molecule has 0 N–H and O–H groups in total. The summed E-state index contributed by atoms with van der Waals surface area (Å²) in [5.74, 6) is 0. The second-order valence-electron chi connectivity index (χ2n) is 11.2. The van der Waals surface area contributed by atoms with Crippen molar-refractivity contribution in [1.29, 1.82) is 0 Å². The monoisotopic (exact) mass is 440 g/mol. The molecule has 2 fully saturated rings. The standard InChI is InChI=1S/C27H30B2O4/c1-16-25(2,3)31-28(30-16)21-12-17-8-10-19-14-22(29-32-26(4,5)27(6,7)33-29)15-20-11-9-18(13-21)23(17)24(19)20/h8-16H,1-7H3. The summed E-state index contributed by atoms with van der Waals surface area (Å²) in [5.41, 5.74) is 1.11. The van der Waals surface area contributed by atoms with Crippen molar-refractivity contribution in [3.05, 3.63) is 48.5 Å². The predicted molar refractivity (Wildman–Crippen MR) is 137 cm³/mol. The van der Waals surface area contributed by atoms with Gasteiger partial charge >= 0.3 is 14.2 Å². The first kappa shape index (κ1) is 21.4. The zero-order valence-electron chi connectivity index (χ0n) is 20.5. The van der Waals surface area contributed by atoms with Crippen molar-refractivity contribution < 1.29 is 18.6 Å². The molecule has 0 radical (unpaired) electrons. The molecular weight excluding hydrogens is 410 g/mol. The van der Waals surface area contributed by atoms with Crippen molar-refractivity contribution >= 4 is 57.5 Å². The molecule has 1 atom stereocenters. The molecule has 0 aromatic heterocycles. The lowest BCUT2D eigenvalue weighted by Crippen LogP contribution is -2.41. The fraction of sp³-hybridized carbons (Fsp3) is 0.407. The lowest BCUT2D eigenvalue weighted by molar-refractivity contribution is 0.00578. The summed E-state index contributed by atoms with van der Waals surface area (Å²) in [6.45, 7) is 14.6. The molecule has 4 aromatic carbocycles. The van der Waals surface area contributed by atoms with E-state index in [0.717, 1.165) is 10.9 Å². The summed E-state index contributed by atoms with van der Waals surface area (Å²) in [4.78, 5) is 0. The van der Waals surface area contributed by atoms with E-state index in [0.29, 0.717) is 0 Å². The van der Waals surface area contributed by atoms with Crippen LogP contribution in [0.4, 0.5) is 0 Å². The molecule has 2 heterocycles. The molecule has 0 spiro atoms. The van der Waals surface area contributed by atoms with Gasteiger partial charge in [-0.25, -0.2) is 0 Å². The van der Waals surface area contributed by atoms with Gasteiger partial charge in [-0.2, -0.15) is 0 Å². The summed E-state index contributed by atoms with van der Waals surface area (Å²) in [5, 5.41) is 7.36. The first-order chi connectivity index (χ1) is 15.5. The van der Waals surface area contributed by atoms with E-state index in [1.807, 2.05) is 0 Å². The van der Waals surface area contributed by atoms with Gasteiger partial charge in [-0.3, -0.25) is 0 Å². The Labute approximate surface area is 196 Å². The predicted octanol–water partition coefficient (Wildman–Crippen LogP) is 4.79. The Hall–Kier alpha value is -2.11. The number of benzene rings is 4. The zero-order valence-corrected chi connectivity index (χ0v) is 20.5. The number of hydrogen-bond donors (Lipinski definition) is 0. The highest BCUT2D eigenvalue weighted by Crippen LogP contribution is 2.38. The minimum atomic E-state index is -0.370. The largest absolute Gasteiger partial charge is 0.494 e. The molecule has 168 valence electrons. The van der Waals surface area contributed by atoms with E-state index >= 15 is 0 Å². The van der Waals surface area contributed by atoms with Crippen molar-refractivity contribution in [2.24, 2.45) is 0 Å². The second kappa shape index (κ2) is 6.73. The third-order valence-corrected chi connectivity index (χ3v) is 8.09. The van der Waals surface area contributed by atoms with Crippen molar-refractivity contribution in [2.45, 2.75) is 71.4 Å². The third-order valence-electron chi connectivity index (χ3n) is 8.09. The van der Waals surface area contributed by atoms with Crippen LogP contribution in [0, 0.1) is 0 Å². The molecule has 4 aromatic rings. The van der Waals surface area contributed by atoms with Gasteiger partial charge in [-0.05, 0) is 91.7 Å². The molecule has 2 aliphatic rings. The SMILES string of the molecule is CC1OB(c2cc3ccc4cc(B5OC(C)(C)C(C)(C)O5)cc5ccc(c2)c3c45)OC1(C)C. The Bertz CT molecular complexity index is 1310. The lowest BCUT2D eigenvalue weighted by atomic mass is 9.75. The van der Waals surface area contributed by atoms with Gasteiger partial charge < -0.3 is 18.6 Å². The van der Waals surface area contributed by atoms with Crippen LogP contribution in [0.5, 0.6) is 0 Å². The van der Waals surface area contributed by atoms with Crippen molar-refractivity contribution in [2.75, 3.05) is 0 Å². The van der Waals surface area contributed by atoms with Crippen molar-refractivity contribution in [3.8, 4) is 0 Å². The Morgan fingerprint density at radius 1 is 0.606 bits per heavy atom. The highest BCUT2D eigenvalue weighted by atomic mass is 16.7. The molecule has 0 bridgehead atoms. The van der Waals surface area contributed by atoms with Gasteiger partial charge in [-0.15, -0.1) is 0 Å². The molecule has 4 nitrogen and oxygen atoms in total. The van der Waals surface area contributed by atoms with Gasteiger partial charge in [0.05, 0.1) is 22.9 Å². The molecule has 0 saturated carbocycles.